The lowest BCUT2D eigenvalue weighted by molar-refractivity contribution is 0.0601. The van der Waals surface area contributed by atoms with Crippen LogP contribution in [0.4, 0.5) is 0 Å². The fourth-order valence-electron chi connectivity index (χ4n) is 1.73. The Labute approximate surface area is 93.0 Å². The van der Waals surface area contributed by atoms with E-state index in [9.17, 15) is 4.79 Å². The molecule has 1 saturated carbocycles. The van der Waals surface area contributed by atoms with E-state index in [0.29, 0.717) is 5.56 Å². The van der Waals surface area contributed by atoms with Crippen molar-refractivity contribution in [2.45, 2.75) is 18.3 Å². The minimum Gasteiger partial charge on any atom is -0.465 e. The predicted molar refractivity (Wildman–Crippen MR) is 58.4 cm³/mol. The van der Waals surface area contributed by atoms with Crippen molar-refractivity contribution in [3.63, 3.8) is 0 Å². The summed E-state index contributed by atoms with van der Waals surface area (Å²) in [5.74, 6) is -0.259. The minimum atomic E-state index is -0.259. The second kappa shape index (κ2) is 3.94. The molecule has 0 aromatic carbocycles. The maximum Gasteiger partial charge on any atom is 0.338 e. The lowest BCUT2D eigenvalue weighted by Crippen LogP contribution is -2.12. The maximum atomic E-state index is 11.3. The van der Waals surface area contributed by atoms with Gasteiger partial charge in [-0.15, -0.1) is 11.3 Å². The summed E-state index contributed by atoms with van der Waals surface area (Å²) in [7, 11) is 3.12. The zero-order valence-electron chi connectivity index (χ0n) is 8.91. The van der Waals surface area contributed by atoms with Crippen LogP contribution in [-0.4, -0.2) is 26.8 Å². The zero-order chi connectivity index (χ0) is 10.9. The van der Waals surface area contributed by atoms with Crippen molar-refractivity contribution >= 4 is 17.3 Å². The molecule has 0 bridgehead atoms. The van der Waals surface area contributed by atoms with Crippen molar-refractivity contribution in [2.24, 2.45) is 0 Å². The van der Waals surface area contributed by atoms with Crippen LogP contribution in [0.1, 0.15) is 28.1 Å². The highest BCUT2D eigenvalue weighted by molar-refractivity contribution is 7.10. The largest absolute Gasteiger partial charge is 0.465 e. The van der Waals surface area contributed by atoms with Gasteiger partial charge in [0.2, 0.25) is 0 Å². The molecule has 1 aromatic heterocycles. The van der Waals surface area contributed by atoms with Gasteiger partial charge in [-0.2, -0.15) is 0 Å². The number of hydrogen-bond acceptors (Lipinski definition) is 4. The molecule has 3 nitrogen and oxygen atoms in total. The standard InChI is InChI=1S/C11H14O3S/c1-13-7-11(3-4-11)9-5-8(6-15-9)10(12)14-2/h5-6H,3-4,7H2,1-2H3. The molecular formula is C11H14O3S. The average molecular weight is 226 g/mol. The molecule has 1 aromatic rings. The van der Waals surface area contributed by atoms with Crippen molar-refractivity contribution in [1.29, 1.82) is 0 Å². The van der Waals surface area contributed by atoms with Gasteiger partial charge in [-0.1, -0.05) is 0 Å². The minimum absolute atomic E-state index is 0.186. The monoisotopic (exact) mass is 226 g/mol. The van der Waals surface area contributed by atoms with Crippen LogP contribution >= 0.6 is 11.3 Å². The van der Waals surface area contributed by atoms with Crippen LogP contribution in [0.3, 0.4) is 0 Å². The second-order valence-electron chi connectivity index (χ2n) is 3.90. The van der Waals surface area contributed by atoms with Crippen LogP contribution in [0.2, 0.25) is 0 Å². The van der Waals surface area contributed by atoms with Gasteiger partial charge in [-0.05, 0) is 18.9 Å². The highest BCUT2D eigenvalue weighted by Gasteiger charge is 2.45. The molecule has 0 saturated heterocycles. The van der Waals surface area contributed by atoms with Gasteiger partial charge in [0.15, 0.2) is 0 Å². The Morgan fingerprint density at radius 1 is 1.53 bits per heavy atom. The van der Waals surface area contributed by atoms with E-state index in [2.05, 4.69) is 4.74 Å². The zero-order valence-corrected chi connectivity index (χ0v) is 9.73. The van der Waals surface area contributed by atoms with Gasteiger partial charge in [0.05, 0.1) is 19.3 Å². The number of carbonyl (C=O) groups is 1. The molecule has 0 spiro atoms. The Morgan fingerprint density at radius 2 is 2.27 bits per heavy atom. The molecule has 4 heteroatoms. The van der Waals surface area contributed by atoms with E-state index >= 15 is 0 Å². The number of methoxy groups -OCH3 is 2. The maximum absolute atomic E-state index is 11.3. The van der Waals surface area contributed by atoms with Crippen LogP contribution < -0.4 is 0 Å². The summed E-state index contributed by atoms with van der Waals surface area (Å²) in [4.78, 5) is 12.5. The summed E-state index contributed by atoms with van der Waals surface area (Å²) in [6.45, 7) is 0.744. The first-order chi connectivity index (χ1) is 7.22. The Kier molecular flexibility index (Phi) is 2.80. The van der Waals surface area contributed by atoms with E-state index in [1.165, 1.54) is 12.0 Å². The first-order valence-corrected chi connectivity index (χ1v) is 5.76. The molecule has 0 radical (unpaired) electrons. The van der Waals surface area contributed by atoms with E-state index in [4.69, 9.17) is 4.74 Å². The smallest absolute Gasteiger partial charge is 0.338 e. The van der Waals surface area contributed by atoms with Crippen molar-refractivity contribution in [2.75, 3.05) is 20.8 Å². The fraction of sp³-hybridized carbons (Fsp3) is 0.545. The van der Waals surface area contributed by atoms with Gasteiger partial charge in [0.1, 0.15) is 0 Å². The first kappa shape index (κ1) is 10.6. The van der Waals surface area contributed by atoms with Crippen LogP contribution in [0.5, 0.6) is 0 Å². The summed E-state index contributed by atoms with van der Waals surface area (Å²) >= 11 is 1.62. The Hall–Kier alpha value is -0.870. The molecule has 0 amide bonds. The van der Waals surface area contributed by atoms with E-state index in [0.717, 1.165) is 19.4 Å². The molecule has 0 N–H and O–H groups in total. The third-order valence-corrected chi connectivity index (χ3v) is 3.99. The van der Waals surface area contributed by atoms with Crippen molar-refractivity contribution in [1.82, 2.24) is 0 Å². The fourth-order valence-corrected chi connectivity index (χ4v) is 2.85. The summed E-state index contributed by atoms with van der Waals surface area (Å²) in [6.07, 6.45) is 2.31. The molecule has 1 heterocycles. The summed E-state index contributed by atoms with van der Waals surface area (Å²) in [5.41, 5.74) is 0.839. The number of ether oxygens (including phenoxy) is 2. The molecule has 0 unspecified atom stereocenters. The predicted octanol–water partition coefficient (Wildman–Crippen LogP) is 2.21. The molecule has 82 valence electrons. The SMILES string of the molecule is COCC1(c2cc(C(=O)OC)cs2)CC1. The Morgan fingerprint density at radius 3 is 2.80 bits per heavy atom. The lowest BCUT2D eigenvalue weighted by Gasteiger charge is -2.10. The normalized spacial score (nSPS) is 17.5. The van der Waals surface area contributed by atoms with E-state index in [1.54, 1.807) is 18.4 Å². The Balaban J connectivity index is 2.17. The molecule has 0 atom stereocenters. The molecule has 15 heavy (non-hydrogen) atoms. The molecule has 0 aliphatic heterocycles. The molecule has 1 fully saturated rings. The molecule has 1 aliphatic rings. The summed E-state index contributed by atoms with van der Waals surface area (Å²) < 4.78 is 9.89. The topological polar surface area (TPSA) is 35.5 Å². The molecule has 1 aliphatic carbocycles. The van der Waals surface area contributed by atoms with E-state index < -0.39 is 0 Å². The average Bonchev–Trinajstić information content (AvgIpc) is 2.85. The van der Waals surface area contributed by atoms with Crippen molar-refractivity contribution in [3.8, 4) is 0 Å². The number of rotatable bonds is 4. The van der Waals surface area contributed by atoms with Crippen LogP contribution in [0.25, 0.3) is 0 Å². The van der Waals surface area contributed by atoms with E-state index in [-0.39, 0.29) is 11.4 Å². The van der Waals surface area contributed by atoms with Gasteiger partial charge in [-0.3, -0.25) is 0 Å². The van der Waals surface area contributed by atoms with Crippen molar-refractivity contribution < 1.29 is 14.3 Å². The lowest BCUT2D eigenvalue weighted by atomic mass is 10.1. The van der Waals surface area contributed by atoms with Gasteiger partial charge >= 0.3 is 5.97 Å². The highest BCUT2D eigenvalue weighted by Crippen LogP contribution is 2.50. The van der Waals surface area contributed by atoms with Gasteiger partial charge in [-0.25, -0.2) is 4.79 Å². The third kappa shape index (κ3) is 1.92. The first-order valence-electron chi connectivity index (χ1n) is 4.88. The summed E-state index contributed by atoms with van der Waals surface area (Å²) in [5, 5.41) is 1.86. The van der Waals surface area contributed by atoms with Crippen LogP contribution in [-0.2, 0) is 14.9 Å². The Bertz CT molecular complexity index is 366. The van der Waals surface area contributed by atoms with Gasteiger partial charge in [0, 0.05) is 22.8 Å². The van der Waals surface area contributed by atoms with Gasteiger partial charge in [0.25, 0.3) is 0 Å². The van der Waals surface area contributed by atoms with Crippen molar-refractivity contribution in [3.05, 3.63) is 21.9 Å². The van der Waals surface area contributed by atoms with Gasteiger partial charge < -0.3 is 9.47 Å². The third-order valence-electron chi connectivity index (χ3n) is 2.82. The highest BCUT2D eigenvalue weighted by atomic mass is 32.1. The number of carbonyl (C=O) groups excluding carboxylic acids is 1. The second-order valence-corrected chi connectivity index (χ2v) is 4.82. The molecule has 2 rings (SSSR count). The molecular weight excluding hydrogens is 212 g/mol. The quantitative estimate of drug-likeness (QED) is 0.738. The van der Waals surface area contributed by atoms with E-state index in [1.807, 2.05) is 11.4 Å². The van der Waals surface area contributed by atoms with Crippen LogP contribution in [0.15, 0.2) is 11.4 Å². The van der Waals surface area contributed by atoms with Crippen LogP contribution in [0, 0.1) is 0 Å². The number of esters is 1. The number of thiophene rings is 1. The summed E-state index contributed by atoms with van der Waals surface area (Å²) in [6, 6.07) is 1.93. The number of hydrogen-bond donors (Lipinski definition) is 0.